The molecule has 0 aromatic carbocycles. The molecule has 36 valence electrons. The number of hydrogen-bond donors (Lipinski definition) is 0. The van der Waals surface area contributed by atoms with Crippen LogP contribution in [0.25, 0.3) is 0 Å². The molecular formula is C4H8FN. The van der Waals surface area contributed by atoms with Gasteiger partial charge >= 0.3 is 0 Å². The summed E-state index contributed by atoms with van der Waals surface area (Å²) in [5, 5.41) is 0.833. The minimum atomic E-state index is 0.185. The molecule has 1 heterocycles. The van der Waals surface area contributed by atoms with Crippen LogP contribution in [0.5, 0.6) is 0 Å². The first-order valence-electron chi connectivity index (χ1n) is 2.17. The first-order chi connectivity index (χ1) is 2.73. The van der Waals surface area contributed by atoms with Crippen LogP contribution < -0.4 is 0 Å². The van der Waals surface area contributed by atoms with Crippen molar-refractivity contribution in [2.24, 2.45) is 0 Å². The lowest BCUT2D eigenvalue weighted by molar-refractivity contribution is 0.155. The van der Waals surface area contributed by atoms with Crippen molar-refractivity contribution in [3.63, 3.8) is 0 Å². The fraction of sp³-hybridized carbons (Fsp3) is 1.00. The molecule has 1 aliphatic heterocycles. The lowest BCUT2D eigenvalue weighted by Crippen LogP contribution is -1.76. The molecule has 0 aromatic rings. The van der Waals surface area contributed by atoms with Gasteiger partial charge in [-0.15, -0.1) is 9.60 Å². The van der Waals surface area contributed by atoms with E-state index in [1.165, 1.54) is 0 Å². The summed E-state index contributed by atoms with van der Waals surface area (Å²) >= 11 is 0. The van der Waals surface area contributed by atoms with Gasteiger partial charge in [0, 0.05) is 0 Å². The normalized spacial score (nSPS) is 55.5. The highest BCUT2D eigenvalue weighted by atomic mass is 19.2. The topological polar surface area (TPSA) is 3.01 Å². The Kier molecular flexibility index (Phi) is 0.634. The third-order valence-electron chi connectivity index (χ3n) is 1.39. The average Bonchev–Trinajstić information content (AvgIpc) is 1.94. The molecule has 0 amide bonds. The van der Waals surface area contributed by atoms with Gasteiger partial charge in [0.1, 0.15) is 0 Å². The van der Waals surface area contributed by atoms with Crippen molar-refractivity contribution in [1.29, 1.82) is 0 Å². The molecular weight excluding hydrogens is 81.0 g/mol. The van der Waals surface area contributed by atoms with Crippen LogP contribution in [-0.2, 0) is 0 Å². The molecule has 0 saturated carbocycles. The van der Waals surface area contributed by atoms with Crippen LogP contribution in [0.2, 0.25) is 0 Å². The summed E-state index contributed by atoms with van der Waals surface area (Å²) in [4.78, 5) is 0. The Balaban J connectivity index is 2.31. The van der Waals surface area contributed by atoms with Crippen LogP contribution >= 0.6 is 0 Å². The van der Waals surface area contributed by atoms with Gasteiger partial charge in [-0.1, -0.05) is 0 Å². The SMILES string of the molecule is CC1C(C)N1F. The first-order valence-corrected chi connectivity index (χ1v) is 2.17. The van der Waals surface area contributed by atoms with Gasteiger partial charge in [0.25, 0.3) is 0 Å². The first kappa shape index (κ1) is 4.06. The molecule has 0 N–H and O–H groups in total. The molecule has 1 aliphatic rings. The number of hydrogen-bond acceptors (Lipinski definition) is 1. The lowest BCUT2D eigenvalue weighted by Gasteiger charge is -1.70. The third-order valence-corrected chi connectivity index (χ3v) is 1.39. The zero-order valence-corrected chi connectivity index (χ0v) is 3.98. The highest BCUT2D eigenvalue weighted by Crippen LogP contribution is 2.26. The van der Waals surface area contributed by atoms with Gasteiger partial charge in [0.15, 0.2) is 0 Å². The molecule has 1 saturated heterocycles. The smallest absolute Gasteiger partial charge is 0.0556 e. The Morgan fingerprint density at radius 2 is 1.50 bits per heavy atom. The standard InChI is InChI=1S/C4H8FN/c1-3-4(2)6(3)5/h3-4H,1-2H3. The molecule has 0 aliphatic carbocycles. The van der Waals surface area contributed by atoms with E-state index in [1.807, 2.05) is 13.8 Å². The predicted molar refractivity (Wildman–Crippen MR) is 21.9 cm³/mol. The molecule has 2 atom stereocenters. The maximum atomic E-state index is 11.7. The van der Waals surface area contributed by atoms with Gasteiger partial charge in [-0.2, -0.15) is 0 Å². The van der Waals surface area contributed by atoms with Crippen LogP contribution in [0.3, 0.4) is 0 Å². The Morgan fingerprint density at radius 3 is 1.50 bits per heavy atom. The van der Waals surface area contributed by atoms with E-state index >= 15 is 0 Å². The number of nitrogens with zero attached hydrogens (tertiary/aromatic N) is 1. The summed E-state index contributed by atoms with van der Waals surface area (Å²) in [5.41, 5.74) is 0. The number of halogens is 1. The van der Waals surface area contributed by atoms with E-state index in [-0.39, 0.29) is 12.1 Å². The van der Waals surface area contributed by atoms with Crippen molar-refractivity contribution in [3.05, 3.63) is 0 Å². The van der Waals surface area contributed by atoms with Crippen LogP contribution in [-0.4, -0.2) is 17.2 Å². The van der Waals surface area contributed by atoms with Crippen LogP contribution in [0.1, 0.15) is 13.8 Å². The molecule has 1 fully saturated rings. The van der Waals surface area contributed by atoms with Crippen molar-refractivity contribution in [2.75, 3.05) is 0 Å². The van der Waals surface area contributed by atoms with Gasteiger partial charge < -0.3 is 0 Å². The Bertz CT molecular complexity index is 44.3. The fourth-order valence-corrected chi connectivity index (χ4v) is 0.459. The summed E-state index contributed by atoms with van der Waals surface area (Å²) in [7, 11) is 0. The Labute approximate surface area is 36.7 Å². The molecule has 0 aromatic heterocycles. The van der Waals surface area contributed by atoms with E-state index < -0.39 is 0 Å². The van der Waals surface area contributed by atoms with E-state index in [0.717, 1.165) is 5.12 Å². The van der Waals surface area contributed by atoms with E-state index in [4.69, 9.17) is 0 Å². The van der Waals surface area contributed by atoms with Gasteiger partial charge in [-0.3, -0.25) is 0 Å². The van der Waals surface area contributed by atoms with Crippen LogP contribution in [0, 0.1) is 0 Å². The maximum absolute atomic E-state index is 11.7. The molecule has 0 bridgehead atoms. The highest BCUT2D eigenvalue weighted by Gasteiger charge is 2.40. The predicted octanol–water partition coefficient (Wildman–Crippen LogP) is 0.964. The van der Waals surface area contributed by atoms with Gasteiger partial charge in [-0.25, -0.2) is 0 Å². The third kappa shape index (κ3) is 0.332. The summed E-state index contributed by atoms with van der Waals surface area (Å²) in [6.07, 6.45) is 0. The Morgan fingerprint density at radius 1 is 1.33 bits per heavy atom. The summed E-state index contributed by atoms with van der Waals surface area (Å²) in [6, 6.07) is 0.370. The quantitative estimate of drug-likeness (QED) is 0.315. The second-order valence-corrected chi connectivity index (χ2v) is 1.83. The van der Waals surface area contributed by atoms with E-state index in [9.17, 15) is 4.48 Å². The molecule has 0 spiro atoms. The molecule has 6 heavy (non-hydrogen) atoms. The molecule has 1 rings (SSSR count). The monoisotopic (exact) mass is 89.1 g/mol. The minimum Gasteiger partial charge on any atom is -0.138 e. The van der Waals surface area contributed by atoms with Crippen molar-refractivity contribution in [1.82, 2.24) is 5.12 Å². The van der Waals surface area contributed by atoms with Crippen molar-refractivity contribution in [2.45, 2.75) is 25.9 Å². The zero-order chi connectivity index (χ0) is 4.73. The second-order valence-electron chi connectivity index (χ2n) is 1.83. The molecule has 2 unspecified atom stereocenters. The van der Waals surface area contributed by atoms with Crippen LogP contribution in [0.4, 0.5) is 4.48 Å². The average molecular weight is 89.1 g/mol. The van der Waals surface area contributed by atoms with E-state index in [1.54, 1.807) is 0 Å². The molecule has 2 heteroatoms. The largest absolute Gasteiger partial charge is 0.138 e. The summed E-state index contributed by atoms with van der Waals surface area (Å²) in [5.74, 6) is 0. The highest BCUT2D eigenvalue weighted by molar-refractivity contribution is 4.88. The zero-order valence-electron chi connectivity index (χ0n) is 3.98. The van der Waals surface area contributed by atoms with Crippen molar-refractivity contribution in [3.8, 4) is 0 Å². The summed E-state index contributed by atoms with van der Waals surface area (Å²) in [6.45, 7) is 3.73. The second kappa shape index (κ2) is 0.936. The fourth-order valence-electron chi connectivity index (χ4n) is 0.459. The Hall–Kier alpha value is -0.110. The minimum absolute atomic E-state index is 0.185. The number of rotatable bonds is 0. The van der Waals surface area contributed by atoms with Crippen molar-refractivity contribution >= 4 is 0 Å². The van der Waals surface area contributed by atoms with Crippen LogP contribution in [0.15, 0.2) is 0 Å². The van der Waals surface area contributed by atoms with Gasteiger partial charge in [-0.05, 0) is 13.8 Å². The van der Waals surface area contributed by atoms with Gasteiger partial charge in [0.05, 0.1) is 12.1 Å². The van der Waals surface area contributed by atoms with Gasteiger partial charge in [0.2, 0.25) is 0 Å². The molecule has 0 radical (unpaired) electrons. The lowest BCUT2D eigenvalue weighted by atomic mass is 10.4. The summed E-state index contributed by atoms with van der Waals surface area (Å²) < 4.78 is 11.7. The maximum Gasteiger partial charge on any atom is 0.0556 e. The van der Waals surface area contributed by atoms with Crippen molar-refractivity contribution < 1.29 is 4.48 Å². The van der Waals surface area contributed by atoms with E-state index in [0.29, 0.717) is 0 Å². The molecule has 1 nitrogen and oxygen atoms in total. The van der Waals surface area contributed by atoms with E-state index in [2.05, 4.69) is 0 Å².